The number of anilines is 2. The first-order chi connectivity index (χ1) is 16.1. The molecule has 0 unspecified atom stereocenters. The van der Waals surface area contributed by atoms with Gasteiger partial charge in [0.1, 0.15) is 5.52 Å². The summed E-state index contributed by atoms with van der Waals surface area (Å²) in [6, 6.07) is 9.51. The van der Waals surface area contributed by atoms with Gasteiger partial charge in [-0.05, 0) is 49.4 Å². The van der Waals surface area contributed by atoms with Crippen molar-refractivity contribution in [1.82, 2.24) is 15.0 Å². The van der Waals surface area contributed by atoms with Gasteiger partial charge < -0.3 is 24.5 Å². The van der Waals surface area contributed by atoms with Gasteiger partial charge >= 0.3 is 0 Å². The number of benzene rings is 1. The Balaban J connectivity index is 1.72. The molecule has 0 amide bonds. The van der Waals surface area contributed by atoms with E-state index in [9.17, 15) is 0 Å². The normalized spacial score (nSPS) is 13.0. The van der Waals surface area contributed by atoms with Gasteiger partial charge in [0.15, 0.2) is 11.5 Å². The van der Waals surface area contributed by atoms with Crippen LogP contribution in [-0.4, -0.2) is 36.3 Å². The van der Waals surface area contributed by atoms with Crippen LogP contribution in [0.3, 0.4) is 0 Å². The Bertz CT molecular complexity index is 1340. The number of fused-ring (bicyclic) bond motifs is 2. The van der Waals surface area contributed by atoms with Crippen molar-refractivity contribution in [2.24, 2.45) is 0 Å². The van der Waals surface area contributed by atoms with Crippen LogP contribution in [0, 0.1) is 0 Å². The molecule has 5 rings (SSSR count). The number of methoxy groups -OCH3 is 3. The number of H-pyrrole nitrogens is 1. The van der Waals surface area contributed by atoms with E-state index >= 15 is 0 Å². The summed E-state index contributed by atoms with van der Waals surface area (Å²) in [6.45, 7) is 0. The van der Waals surface area contributed by atoms with Gasteiger partial charge in [0.2, 0.25) is 0 Å². The van der Waals surface area contributed by atoms with Crippen LogP contribution in [-0.2, 0) is 12.8 Å². The number of pyridine rings is 2. The van der Waals surface area contributed by atoms with E-state index in [1.165, 1.54) is 11.3 Å². The van der Waals surface area contributed by atoms with Crippen LogP contribution in [0.4, 0.5) is 11.4 Å². The zero-order valence-electron chi connectivity index (χ0n) is 18.8. The Kier molecular flexibility index (Phi) is 5.72. The lowest BCUT2D eigenvalue weighted by atomic mass is 9.96. The molecule has 170 valence electrons. The summed E-state index contributed by atoms with van der Waals surface area (Å²) in [5.74, 6) is 1.57. The maximum Gasteiger partial charge on any atom is 0.257 e. The minimum atomic E-state index is 0.418. The minimum Gasteiger partial charge on any atom is -0.493 e. The van der Waals surface area contributed by atoms with E-state index in [2.05, 4.69) is 15.3 Å². The number of rotatable bonds is 6. The molecule has 0 aliphatic heterocycles. The van der Waals surface area contributed by atoms with E-state index in [0.717, 1.165) is 59.3 Å². The molecular formula is C25H25ClN4O3. The van der Waals surface area contributed by atoms with Crippen molar-refractivity contribution in [2.75, 3.05) is 26.6 Å². The van der Waals surface area contributed by atoms with Crippen molar-refractivity contribution in [3.8, 4) is 28.6 Å². The summed E-state index contributed by atoms with van der Waals surface area (Å²) in [6.07, 6.45) is 6.09. The average Bonchev–Trinajstić information content (AvgIpc) is 3.21. The van der Waals surface area contributed by atoms with E-state index in [1.807, 2.05) is 30.3 Å². The van der Waals surface area contributed by atoms with E-state index < -0.39 is 0 Å². The lowest BCUT2D eigenvalue weighted by molar-refractivity contribution is 0.344. The molecule has 33 heavy (non-hydrogen) atoms. The van der Waals surface area contributed by atoms with E-state index in [4.69, 9.17) is 30.8 Å². The van der Waals surface area contributed by atoms with Crippen LogP contribution in [0.25, 0.3) is 22.3 Å². The highest BCUT2D eigenvalue weighted by atomic mass is 35.5. The first kappa shape index (κ1) is 21.4. The molecule has 3 heterocycles. The molecule has 0 fully saturated rings. The minimum absolute atomic E-state index is 0.418. The lowest BCUT2D eigenvalue weighted by Crippen LogP contribution is -2.03. The lowest BCUT2D eigenvalue weighted by Gasteiger charge is -2.17. The Morgan fingerprint density at radius 1 is 1.03 bits per heavy atom. The fourth-order valence-electron chi connectivity index (χ4n) is 4.50. The third kappa shape index (κ3) is 3.72. The Hall–Kier alpha value is -3.45. The number of ether oxygens (including phenoxy) is 3. The first-order valence-electron chi connectivity index (χ1n) is 10.9. The summed E-state index contributed by atoms with van der Waals surface area (Å²) in [5.41, 5.74) is 7.68. The molecule has 0 atom stereocenters. The highest BCUT2D eigenvalue weighted by Crippen LogP contribution is 2.43. The van der Waals surface area contributed by atoms with Gasteiger partial charge in [-0.25, -0.2) is 4.98 Å². The standard InChI is InChI=1S/C25H25ClN4O3/c1-31-20-13-19-21(30-25(20)33-3)15(11-12-27-19)23-22(14-7-4-5-9-17(14)28-23)29-18-10-6-8-16(26)24(18)32-2/h6,8,10-13,28-29H,4-5,7,9H2,1-3H3. The zero-order chi connectivity index (χ0) is 22.9. The van der Waals surface area contributed by atoms with Crippen molar-refractivity contribution in [2.45, 2.75) is 25.7 Å². The molecule has 1 aliphatic carbocycles. The molecule has 7 nitrogen and oxygen atoms in total. The predicted molar refractivity (Wildman–Crippen MR) is 130 cm³/mol. The topological polar surface area (TPSA) is 81.3 Å². The van der Waals surface area contributed by atoms with Gasteiger partial charge in [-0.3, -0.25) is 4.98 Å². The molecule has 0 radical (unpaired) electrons. The number of aryl methyl sites for hydroxylation is 1. The summed E-state index contributed by atoms with van der Waals surface area (Å²) in [7, 11) is 4.80. The van der Waals surface area contributed by atoms with Gasteiger partial charge in [0.25, 0.3) is 5.88 Å². The van der Waals surface area contributed by atoms with E-state index in [1.54, 1.807) is 27.5 Å². The van der Waals surface area contributed by atoms with E-state index in [0.29, 0.717) is 22.4 Å². The van der Waals surface area contributed by atoms with Crippen LogP contribution < -0.4 is 19.5 Å². The second-order valence-corrected chi connectivity index (χ2v) is 8.32. The first-order valence-corrected chi connectivity index (χ1v) is 11.2. The largest absolute Gasteiger partial charge is 0.493 e. The van der Waals surface area contributed by atoms with Crippen molar-refractivity contribution in [3.63, 3.8) is 0 Å². The van der Waals surface area contributed by atoms with Gasteiger partial charge in [-0.1, -0.05) is 17.7 Å². The van der Waals surface area contributed by atoms with Crippen molar-refractivity contribution >= 4 is 34.0 Å². The second kappa shape index (κ2) is 8.83. The summed E-state index contributed by atoms with van der Waals surface area (Å²) >= 11 is 6.39. The predicted octanol–water partition coefficient (Wildman–Crippen LogP) is 5.93. The van der Waals surface area contributed by atoms with Crippen molar-refractivity contribution < 1.29 is 14.2 Å². The Morgan fingerprint density at radius 3 is 2.67 bits per heavy atom. The van der Waals surface area contributed by atoms with Gasteiger partial charge in [0.05, 0.1) is 48.9 Å². The quantitative estimate of drug-likeness (QED) is 0.368. The van der Waals surface area contributed by atoms with Gasteiger partial charge in [-0.15, -0.1) is 0 Å². The molecule has 1 aromatic carbocycles. The highest BCUT2D eigenvalue weighted by Gasteiger charge is 2.24. The maximum atomic E-state index is 6.39. The van der Waals surface area contributed by atoms with Gasteiger partial charge in [-0.2, -0.15) is 0 Å². The highest BCUT2D eigenvalue weighted by molar-refractivity contribution is 6.32. The van der Waals surface area contributed by atoms with Crippen LogP contribution in [0.15, 0.2) is 36.5 Å². The molecule has 0 saturated carbocycles. The average molecular weight is 465 g/mol. The fourth-order valence-corrected chi connectivity index (χ4v) is 4.75. The molecule has 4 aromatic rings. The number of halogens is 1. The molecule has 0 spiro atoms. The maximum absolute atomic E-state index is 6.39. The Morgan fingerprint density at radius 2 is 1.88 bits per heavy atom. The number of para-hydroxylation sites is 1. The summed E-state index contributed by atoms with van der Waals surface area (Å²) < 4.78 is 16.5. The number of nitrogens with one attached hydrogen (secondary N) is 2. The molecule has 3 aromatic heterocycles. The molecule has 8 heteroatoms. The van der Waals surface area contributed by atoms with E-state index in [-0.39, 0.29) is 0 Å². The second-order valence-electron chi connectivity index (χ2n) is 7.91. The smallest absolute Gasteiger partial charge is 0.257 e. The fraction of sp³-hybridized carbons (Fsp3) is 0.280. The van der Waals surface area contributed by atoms with Crippen LogP contribution in [0.5, 0.6) is 17.4 Å². The SMILES string of the molecule is COc1cc2nccc(-c3[nH]c4c(c3Nc3cccc(Cl)c3OC)CCCC4)c2nc1OC. The van der Waals surface area contributed by atoms with Crippen molar-refractivity contribution in [3.05, 3.63) is 52.8 Å². The number of aromatic nitrogens is 3. The van der Waals surface area contributed by atoms with Crippen LogP contribution in [0.1, 0.15) is 24.1 Å². The number of aromatic amines is 1. The monoisotopic (exact) mass is 464 g/mol. The van der Waals surface area contributed by atoms with Crippen LogP contribution in [0.2, 0.25) is 5.02 Å². The third-order valence-corrected chi connectivity index (χ3v) is 6.35. The summed E-state index contributed by atoms with van der Waals surface area (Å²) in [5, 5.41) is 4.17. The number of hydrogen-bond acceptors (Lipinski definition) is 6. The zero-order valence-corrected chi connectivity index (χ0v) is 19.5. The summed E-state index contributed by atoms with van der Waals surface area (Å²) in [4.78, 5) is 12.9. The molecule has 2 N–H and O–H groups in total. The molecule has 1 aliphatic rings. The molecule has 0 saturated heterocycles. The van der Waals surface area contributed by atoms with Gasteiger partial charge in [0, 0.05) is 23.5 Å². The third-order valence-electron chi connectivity index (χ3n) is 6.05. The molecule has 0 bridgehead atoms. The van der Waals surface area contributed by atoms with Crippen molar-refractivity contribution in [1.29, 1.82) is 0 Å². The Labute approximate surface area is 197 Å². The van der Waals surface area contributed by atoms with Crippen LogP contribution >= 0.6 is 11.6 Å². The number of nitrogens with zero attached hydrogens (tertiary/aromatic N) is 2. The number of hydrogen-bond donors (Lipinski definition) is 2. The molecular weight excluding hydrogens is 440 g/mol.